The van der Waals surface area contributed by atoms with Crippen LogP contribution in [0.25, 0.3) is 27.9 Å². The number of allylic oxidation sites excluding steroid dienone is 5. The second-order valence-corrected chi connectivity index (χ2v) is 40.3. The highest BCUT2D eigenvalue weighted by molar-refractivity contribution is 7.99. The number of thioether (sulfide) groups is 1. The van der Waals surface area contributed by atoms with Crippen LogP contribution in [-0.2, 0) is 27.4 Å². The van der Waals surface area contributed by atoms with Crippen LogP contribution in [0.5, 0.6) is 11.5 Å². The van der Waals surface area contributed by atoms with Crippen LogP contribution in [-0.4, -0.2) is 158 Å². The summed E-state index contributed by atoms with van der Waals surface area (Å²) in [4.78, 5) is 20.9. The van der Waals surface area contributed by atoms with E-state index in [-0.39, 0.29) is 41.3 Å². The van der Waals surface area contributed by atoms with E-state index in [0.29, 0.717) is 80.0 Å². The Morgan fingerprint density at radius 1 is 0.340 bits per heavy atom. The quantitative estimate of drug-likeness (QED) is 0.0138. The first-order valence-electron chi connectivity index (χ1n) is 53.8. The van der Waals surface area contributed by atoms with Crippen molar-refractivity contribution in [3.8, 4) is 11.5 Å². The fourth-order valence-electron chi connectivity index (χ4n) is 20.9. The van der Waals surface area contributed by atoms with Crippen LogP contribution in [0, 0.1) is 64.7 Å². The van der Waals surface area contributed by atoms with E-state index < -0.39 is 0 Å². The molecule has 2 unspecified atom stereocenters. The summed E-state index contributed by atoms with van der Waals surface area (Å²) in [6.45, 7) is 18.0. The molecule has 17 nitrogen and oxygen atoms in total. The van der Waals surface area contributed by atoms with E-state index in [1.165, 1.54) is 102 Å². The first kappa shape index (κ1) is 112. The number of anilines is 1. The molecule has 12 aromatic rings. The molecule has 0 spiro atoms. The Morgan fingerprint density at radius 3 is 1.12 bits per heavy atom. The van der Waals surface area contributed by atoms with Gasteiger partial charge in [-0.05, 0) is 355 Å². The monoisotopic (exact) mass is 2050 g/mol. The smallest absolute Gasteiger partial charge is 0.320 e. The largest absolute Gasteiger partial charge is 0.515 e. The predicted octanol–water partition coefficient (Wildman–Crippen LogP) is 26.9. The van der Waals surface area contributed by atoms with Crippen LogP contribution in [0.1, 0.15) is 151 Å². The summed E-state index contributed by atoms with van der Waals surface area (Å²) in [7, 11) is 3.33. The Bertz CT molecular complexity index is 6020. The molecule has 12 aromatic carbocycles. The summed E-state index contributed by atoms with van der Waals surface area (Å²) < 4.78 is 82.2. The Morgan fingerprint density at radius 2 is 0.693 bits per heavy atom. The number of nitrogens with zero attached hydrogens (tertiary/aromatic N) is 3. The maximum absolute atomic E-state index is 13.8. The van der Waals surface area contributed by atoms with Crippen molar-refractivity contribution in [1.29, 1.82) is 0 Å². The van der Waals surface area contributed by atoms with E-state index in [0.717, 1.165) is 229 Å². The molecule has 8 fully saturated rings. The van der Waals surface area contributed by atoms with E-state index in [1.807, 2.05) is 149 Å². The molecule has 0 aliphatic carbocycles. The van der Waals surface area contributed by atoms with Crippen molar-refractivity contribution < 1.29 is 56.3 Å². The number of carbonyl (C=O) groups is 1. The molecule has 22 heteroatoms. The van der Waals surface area contributed by atoms with Crippen molar-refractivity contribution >= 4 is 51.3 Å². The van der Waals surface area contributed by atoms with Gasteiger partial charge >= 0.3 is 6.03 Å². The topological polar surface area (TPSA) is 186 Å². The van der Waals surface area contributed by atoms with Gasteiger partial charge in [-0.3, -0.25) is 0 Å². The average Bonchev–Trinajstić information content (AvgIpc) is 0.807. The molecule has 8 aliphatic rings. The number of carbonyl (C=O) groups excluding carboxylic acids is 1. The van der Waals surface area contributed by atoms with Gasteiger partial charge in [0, 0.05) is 61.4 Å². The molecule has 0 radical (unpaired) electrons. The number of benzene rings is 12. The molecule has 0 bridgehead atoms. The van der Waals surface area contributed by atoms with Gasteiger partial charge in [-0.1, -0.05) is 255 Å². The fraction of sp³-hybridized carbons (Fsp3) is 0.352. The summed E-state index contributed by atoms with van der Waals surface area (Å²) in [5.74, 6) is 3.76. The lowest BCUT2D eigenvalue weighted by Crippen LogP contribution is -2.54. The zero-order valence-electron chi connectivity index (χ0n) is 87.0. The Labute approximate surface area is 891 Å². The Balaban J connectivity index is 0.000000141. The molecule has 0 saturated carbocycles. The Kier molecular flexibility index (Phi) is 47.3. The van der Waals surface area contributed by atoms with Crippen LogP contribution < -0.4 is 46.3 Å². The average molecular weight is 2050 g/mol. The van der Waals surface area contributed by atoms with Crippen molar-refractivity contribution in [2.75, 3.05) is 137 Å². The van der Waals surface area contributed by atoms with Gasteiger partial charge in [0.05, 0.1) is 51.2 Å². The molecule has 8 aliphatic heterocycles. The number of methoxy groups -OCH3 is 2. The van der Waals surface area contributed by atoms with E-state index in [1.54, 1.807) is 69.0 Å². The molecule has 2 amide bonds. The van der Waals surface area contributed by atoms with E-state index in [9.17, 15) is 32.6 Å². The van der Waals surface area contributed by atoms with Crippen molar-refractivity contribution in [3.05, 3.63) is 438 Å². The lowest BCUT2D eigenvalue weighted by molar-refractivity contribution is 0.0752. The summed E-state index contributed by atoms with van der Waals surface area (Å²) in [6.07, 6.45) is 22.9. The van der Waals surface area contributed by atoms with E-state index in [2.05, 4.69) is 170 Å². The molecule has 150 heavy (non-hydrogen) atoms. The molecule has 8 N–H and O–H groups in total. The lowest BCUT2D eigenvalue weighted by atomic mass is 9.86. The number of aliphatic hydroxyl groups excluding tert-OH is 2. The minimum atomic E-state index is -0.310. The van der Waals surface area contributed by atoms with E-state index >= 15 is 0 Å². The number of nitrogens with one attached hydrogen (secondary N) is 6. The number of piperidine rings is 7. The van der Waals surface area contributed by atoms with Gasteiger partial charge in [0.15, 0.2) is 0 Å². The van der Waals surface area contributed by atoms with Crippen LogP contribution in [0.4, 0.5) is 28.0 Å². The minimum absolute atomic E-state index is 0.112. The first-order valence-corrected chi connectivity index (χ1v) is 54.6. The summed E-state index contributed by atoms with van der Waals surface area (Å²) in [5.41, 5.74) is 16.7. The van der Waals surface area contributed by atoms with E-state index in [4.69, 9.17) is 23.7 Å². The van der Waals surface area contributed by atoms with Crippen molar-refractivity contribution in [3.63, 3.8) is 0 Å². The number of likely N-dealkylation sites (tertiary alicyclic amines) is 1. The van der Waals surface area contributed by atoms with Crippen LogP contribution >= 0.6 is 11.8 Å². The maximum Gasteiger partial charge on any atom is 0.320 e. The van der Waals surface area contributed by atoms with Gasteiger partial charge in [0.25, 0.3) is 0 Å². The third-order valence-electron chi connectivity index (χ3n) is 29.1. The molecule has 8 heterocycles. The van der Waals surface area contributed by atoms with Gasteiger partial charge in [-0.15, -0.1) is 11.8 Å². The SMILES string of the molecule is C(OCc1ccccc1)=C(c1ccccc1)C1CCNCC1.COC=C(c1cccc(F)c1)C1CCNCC1.COc1ccccc1N1CCN(C(=O)N2CCC(C(Oc3cccc(F)c3)c3ccccc3)CC2)CC1.Fc1cccc(C(=COCc2ccccc2)C2CCNCC2)c1.OC=C(c1ccc(F)cc1)C1CCNCC1.OC=C(c1ccccc1)C1CCNCC1.c1ccc(SC(c2ccccc2)C2CCNCC2)cc1. The number of hydrogen-bond acceptors (Lipinski definition) is 16. The highest BCUT2D eigenvalue weighted by Gasteiger charge is 2.35. The molecule has 0 aromatic heterocycles. The first-order chi connectivity index (χ1) is 73.8. The third kappa shape index (κ3) is 36.1. The highest BCUT2D eigenvalue weighted by atomic mass is 32.2. The number of rotatable bonds is 27. The van der Waals surface area contributed by atoms with Gasteiger partial charge in [0.1, 0.15) is 54.1 Å². The molecule has 790 valence electrons. The summed E-state index contributed by atoms with van der Waals surface area (Å²) in [6, 6.07) is 107. The molecular formula is C128H151F4N9O8S. The van der Waals surface area contributed by atoms with Crippen LogP contribution in [0.2, 0.25) is 0 Å². The zero-order chi connectivity index (χ0) is 104. The number of aliphatic hydroxyl groups is 2. The minimum Gasteiger partial charge on any atom is -0.515 e. The summed E-state index contributed by atoms with van der Waals surface area (Å²) in [5, 5.41) is 39.5. The number of halogens is 4. The Hall–Kier alpha value is -13.2. The van der Waals surface area contributed by atoms with Gasteiger partial charge in [-0.25, -0.2) is 22.4 Å². The van der Waals surface area contributed by atoms with Crippen molar-refractivity contribution in [2.24, 2.45) is 41.4 Å². The lowest BCUT2D eigenvalue weighted by Gasteiger charge is -2.41. The third-order valence-corrected chi connectivity index (χ3v) is 30.5. The predicted molar refractivity (Wildman–Crippen MR) is 604 cm³/mol. The second-order valence-electron chi connectivity index (χ2n) is 39.1. The molecule has 20 rings (SSSR count). The van der Waals surface area contributed by atoms with Gasteiger partial charge in [0.2, 0.25) is 0 Å². The fourth-order valence-corrected chi connectivity index (χ4v) is 22.3. The number of para-hydroxylation sites is 2. The number of amides is 2. The number of urea groups is 1. The molecular weight excluding hydrogens is 1900 g/mol. The van der Waals surface area contributed by atoms with Crippen molar-refractivity contribution in [1.82, 2.24) is 41.7 Å². The zero-order valence-corrected chi connectivity index (χ0v) is 87.8. The number of ether oxygens (including phenoxy) is 5. The van der Waals surface area contributed by atoms with Gasteiger partial charge < -0.3 is 80.5 Å². The van der Waals surface area contributed by atoms with Crippen LogP contribution in [0.15, 0.2) is 370 Å². The van der Waals surface area contributed by atoms with Crippen molar-refractivity contribution in [2.45, 2.75) is 119 Å². The summed E-state index contributed by atoms with van der Waals surface area (Å²) >= 11 is 2.02. The highest BCUT2D eigenvalue weighted by Crippen LogP contribution is 2.45. The second kappa shape index (κ2) is 63.1. The molecule has 8 saturated heterocycles. The molecule has 2 atom stereocenters. The van der Waals surface area contributed by atoms with Gasteiger partial charge in [-0.2, -0.15) is 0 Å². The number of piperazine rings is 1. The standard InChI is InChI=1S/C30H34FN3O3.C20H22FNO.C20H23NO.C18H21NS.C14H18FNO.C13H16FNO.C13H17NO/c1-36-28-13-6-5-12-27(28)32-18-20-34(21-19-32)30(35)33-16-14-24(15-17-33)29(23-8-3-2-4-9-23)37-26-11-7-10-25(31)22-26;21-19-8-4-7-18(13-19)20(17-9-11-22-12-10-17)15-23-14-16-5-2-1-3-6-16;1-3-7-17(8-4-1)15-22-16-20(18-9-5-2-6-10-18)19-11-13-21-14-12-19;1-3-7-15(8-4-1)18(16-11-13-19-14-12-16)20-17-9-5-2-6-10-17;1-17-10-14(11-5-7-16-8-6-11)12-3-2-4-13(15)9-12;14-12-3-1-10(2-4-12)13(9-16)11-5-7-15-8-6-11;15-10-13(11-4-2-1-3-5-11)12-6-8-14-9-7-12/h2-13,22,24,29H,14-21H2,1H3;1-8,13,15,17,22H,9-12,14H2;1-10,16,19,21H,11-15H2;1-10,16,18-19H,11-14H2;2-4,9-11,16H,5-8H2,1H3;1-4,9,11,15-16H,5-8H2;1-5,10,12,14-15H,6-9H2. The van der Waals surface area contributed by atoms with Crippen LogP contribution in [0.3, 0.4) is 0 Å². The normalized spacial score (nSPS) is 17.5. The maximum atomic E-state index is 13.8. The number of hydrogen-bond donors (Lipinski definition) is 8.